The minimum absolute atomic E-state index is 0.421. The van der Waals surface area contributed by atoms with E-state index in [0.29, 0.717) is 6.42 Å². The second kappa shape index (κ2) is 5.36. The van der Waals surface area contributed by atoms with E-state index in [1.807, 2.05) is 30.3 Å². The van der Waals surface area contributed by atoms with Gasteiger partial charge >= 0.3 is 5.97 Å². The quantitative estimate of drug-likeness (QED) is 0.566. The standard InChI is InChI=1S/C10H13NO3/c1-13-10(12)9(14-11)7-8-5-3-2-4-6-8/h2-6,9H,7,11H2,1H3/t9-/m1/s1. The zero-order valence-corrected chi connectivity index (χ0v) is 7.97. The summed E-state index contributed by atoms with van der Waals surface area (Å²) < 4.78 is 4.53. The van der Waals surface area contributed by atoms with Gasteiger partial charge in [0.25, 0.3) is 0 Å². The van der Waals surface area contributed by atoms with Gasteiger partial charge in [0, 0.05) is 6.42 Å². The van der Waals surface area contributed by atoms with Crippen LogP contribution >= 0.6 is 0 Å². The summed E-state index contributed by atoms with van der Waals surface area (Å²) in [5.74, 6) is 4.53. The second-order valence-corrected chi connectivity index (χ2v) is 2.84. The smallest absolute Gasteiger partial charge is 0.337 e. The van der Waals surface area contributed by atoms with Crippen LogP contribution in [0.1, 0.15) is 5.56 Å². The average molecular weight is 195 g/mol. The van der Waals surface area contributed by atoms with E-state index in [-0.39, 0.29) is 0 Å². The van der Waals surface area contributed by atoms with Crippen LogP contribution < -0.4 is 5.90 Å². The molecule has 0 spiro atoms. The summed E-state index contributed by atoms with van der Waals surface area (Å²) in [4.78, 5) is 15.7. The first-order valence-electron chi connectivity index (χ1n) is 4.25. The van der Waals surface area contributed by atoms with Crippen molar-refractivity contribution in [2.45, 2.75) is 12.5 Å². The van der Waals surface area contributed by atoms with Crippen molar-refractivity contribution < 1.29 is 14.4 Å². The Balaban J connectivity index is 2.62. The first kappa shape index (κ1) is 10.7. The van der Waals surface area contributed by atoms with Crippen molar-refractivity contribution in [3.63, 3.8) is 0 Å². The highest BCUT2D eigenvalue weighted by Gasteiger charge is 2.19. The molecule has 0 aliphatic carbocycles. The highest BCUT2D eigenvalue weighted by molar-refractivity contribution is 5.74. The minimum atomic E-state index is -0.734. The van der Waals surface area contributed by atoms with E-state index in [1.165, 1.54) is 7.11 Å². The number of methoxy groups -OCH3 is 1. The summed E-state index contributed by atoms with van der Waals surface area (Å²) in [7, 11) is 1.30. The Hall–Kier alpha value is -1.39. The summed E-state index contributed by atoms with van der Waals surface area (Å²) in [6, 6.07) is 9.48. The van der Waals surface area contributed by atoms with Crippen LogP contribution in [-0.2, 0) is 20.8 Å². The molecule has 0 saturated heterocycles. The van der Waals surface area contributed by atoms with Gasteiger partial charge in [-0.25, -0.2) is 10.7 Å². The van der Waals surface area contributed by atoms with Gasteiger partial charge in [0.2, 0.25) is 0 Å². The molecule has 76 valence electrons. The fourth-order valence-corrected chi connectivity index (χ4v) is 1.15. The number of benzene rings is 1. The fraction of sp³-hybridized carbons (Fsp3) is 0.300. The second-order valence-electron chi connectivity index (χ2n) is 2.84. The molecule has 0 aliphatic heterocycles. The predicted octanol–water partition coefficient (Wildman–Crippen LogP) is 0.661. The van der Waals surface area contributed by atoms with Gasteiger partial charge in [0.05, 0.1) is 7.11 Å². The lowest BCUT2D eigenvalue weighted by molar-refractivity contribution is -0.154. The number of nitrogens with two attached hydrogens (primary N) is 1. The Morgan fingerprint density at radius 3 is 2.57 bits per heavy atom. The third kappa shape index (κ3) is 2.83. The number of esters is 1. The average Bonchev–Trinajstić information content (AvgIpc) is 2.26. The zero-order chi connectivity index (χ0) is 10.4. The number of carbonyl (C=O) groups is 1. The van der Waals surface area contributed by atoms with Gasteiger partial charge in [-0.2, -0.15) is 0 Å². The van der Waals surface area contributed by atoms with E-state index in [0.717, 1.165) is 5.56 Å². The van der Waals surface area contributed by atoms with Crippen molar-refractivity contribution in [1.82, 2.24) is 0 Å². The van der Waals surface area contributed by atoms with Gasteiger partial charge < -0.3 is 4.74 Å². The molecule has 1 aromatic carbocycles. The molecule has 0 saturated carbocycles. The molecule has 0 heterocycles. The molecule has 1 atom stereocenters. The number of hydrogen-bond donors (Lipinski definition) is 1. The van der Waals surface area contributed by atoms with Crippen LogP contribution in [0.4, 0.5) is 0 Å². The van der Waals surface area contributed by atoms with E-state index in [1.54, 1.807) is 0 Å². The summed E-state index contributed by atoms with van der Waals surface area (Å²) in [6.45, 7) is 0. The number of rotatable bonds is 4. The normalized spacial score (nSPS) is 12.1. The fourth-order valence-electron chi connectivity index (χ4n) is 1.15. The molecule has 0 aromatic heterocycles. The monoisotopic (exact) mass is 195 g/mol. The van der Waals surface area contributed by atoms with Crippen molar-refractivity contribution in [1.29, 1.82) is 0 Å². The summed E-state index contributed by atoms with van der Waals surface area (Å²) in [5, 5.41) is 0. The van der Waals surface area contributed by atoms with Crippen molar-refractivity contribution in [2.24, 2.45) is 5.90 Å². The van der Waals surface area contributed by atoms with Crippen molar-refractivity contribution >= 4 is 5.97 Å². The third-order valence-electron chi connectivity index (χ3n) is 1.89. The van der Waals surface area contributed by atoms with Gasteiger partial charge in [0.15, 0.2) is 6.10 Å². The number of carbonyl (C=O) groups excluding carboxylic acids is 1. The Kier molecular flexibility index (Phi) is 4.10. The van der Waals surface area contributed by atoms with Crippen LogP contribution in [-0.4, -0.2) is 19.2 Å². The Morgan fingerprint density at radius 2 is 2.07 bits per heavy atom. The highest BCUT2D eigenvalue weighted by atomic mass is 16.6. The summed E-state index contributed by atoms with van der Waals surface area (Å²) >= 11 is 0. The van der Waals surface area contributed by atoms with Gasteiger partial charge in [-0.1, -0.05) is 30.3 Å². The number of hydrogen-bond acceptors (Lipinski definition) is 4. The highest BCUT2D eigenvalue weighted by Crippen LogP contribution is 2.05. The summed E-state index contributed by atoms with van der Waals surface area (Å²) in [6.07, 6.45) is -0.313. The van der Waals surface area contributed by atoms with Gasteiger partial charge in [-0.15, -0.1) is 0 Å². The lowest BCUT2D eigenvalue weighted by Gasteiger charge is -2.11. The molecule has 0 amide bonds. The van der Waals surface area contributed by atoms with Gasteiger partial charge in [-0.05, 0) is 5.56 Å². The Labute approximate surface area is 82.6 Å². The first-order chi connectivity index (χ1) is 6.77. The molecular formula is C10H13NO3. The summed E-state index contributed by atoms with van der Waals surface area (Å²) in [5.41, 5.74) is 0.980. The maximum absolute atomic E-state index is 11.1. The molecule has 14 heavy (non-hydrogen) atoms. The first-order valence-corrected chi connectivity index (χ1v) is 4.25. The molecule has 2 N–H and O–H groups in total. The molecular weight excluding hydrogens is 182 g/mol. The van der Waals surface area contributed by atoms with Gasteiger partial charge in [-0.3, -0.25) is 4.84 Å². The van der Waals surface area contributed by atoms with E-state index in [9.17, 15) is 4.79 Å². The van der Waals surface area contributed by atoms with Crippen molar-refractivity contribution in [2.75, 3.05) is 7.11 Å². The lowest BCUT2D eigenvalue weighted by Crippen LogP contribution is -2.30. The van der Waals surface area contributed by atoms with Crippen LogP contribution in [0.15, 0.2) is 30.3 Å². The van der Waals surface area contributed by atoms with E-state index < -0.39 is 12.1 Å². The lowest BCUT2D eigenvalue weighted by atomic mass is 10.1. The van der Waals surface area contributed by atoms with Crippen LogP contribution in [0.3, 0.4) is 0 Å². The molecule has 4 nitrogen and oxygen atoms in total. The molecule has 4 heteroatoms. The molecule has 0 unspecified atom stereocenters. The van der Waals surface area contributed by atoms with Crippen molar-refractivity contribution in [3.8, 4) is 0 Å². The van der Waals surface area contributed by atoms with E-state index in [4.69, 9.17) is 5.90 Å². The van der Waals surface area contributed by atoms with Gasteiger partial charge in [0.1, 0.15) is 0 Å². The van der Waals surface area contributed by atoms with Crippen LogP contribution in [0.25, 0.3) is 0 Å². The van der Waals surface area contributed by atoms with E-state index in [2.05, 4.69) is 9.57 Å². The van der Waals surface area contributed by atoms with E-state index >= 15 is 0 Å². The van der Waals surface area contributed by atoms with Crippen LogP contribution in [0, 0.1) is 0 Å². The molecule has 0 fully saturated rings. The maximum atomic E-state index is 11.1. The third-order valence-corrected chi connectivity index (χ3v) is 1.89. The molecule has 0 aliphatic rings. The van der Waals surface area contributed by atoms with Crippen molar-refractivity contribution in [3.05, 3.63) is 35.9 Å². The Morgan fingerprint density at radius 1 is 1.43 bits per heavy atom. The predicted molar refractivity (Wildman–Crippen MR) is 51.2 cm³/mol. The molecule has 1 aromatic rings. The van der Waals surface area contributed by atoms with Crippen LogP contribution in [0.5, 0.6) is 0 Å². The minimum Gasteiger partial charge on any atom is -0.467 e. The topological polar surface area (TPSA) is 61.5 Å². The largest absolute Gasteiger partial charge is 0.467 e. The zero-order valence-electron chi connectivity index (χ0n) is 7.97. The Bertz CT molecular complexity index is 287. The SMILES string of the molecule is COC(=O)[C@@H](Cc1ccccc1)ON. The maximum Gasteiger partial charge on any atom is 0.337 e. The molecule has 1 rings (SSSR count). The molecule has 0 bridgehead atoms. The molecule has 0 radical (unpaired) electrons. The number of ether oxygens (including phenoxy) is 1. The van der Waals surface area contributed by atoms with Crippen LogP contribution in [0.2, 0.25) is 0 Å².